The molecule has 1 atom stereocenters. The van der Waals surface area contributed by atoms with E-state index < -0.39 is 23.7 Å². The Morgan fingerprint density at radius 1 is 0.889 bits per heavy atom. The third kappa shape index (κ3) is 7.27. The number of ether oxygens (including phenoxy) is 1. The fraction of sp³-hybridized carbons (Fsp3) is 0.481. The number of hydrogen-bond donors (Lipinski definition) is 0. The molecule has 2 aromatic carbocycles. The Bertz CT molecular complexity index is 1010. The van der Waals surface area contributed by atoms with Gasteiger partial charge in [0.2, 0.25) is 0 Å². The van der Waals surface area contributed by atoms with Crippen LogP contribution in [0.4, 0.5) is 22.0 Å². The van der Waals surface area contributed by atoms with Crippen LogP contribution in [0.2, 0.25) is 0 Å². The molecule has 0 heterocycles. The highest BCUT2D eigenvalue weighted by atomic mass is 19.4. The average molecular weight is 512 g/mol. The molecule has 0 radical (unpaired) electrons. The number of rotatable bonds is 5. The number of hydrogen-bond acceptors (Lipinski definition) is 3. The Balaban J connectivity index is 0.000000383. The predicted octanol–water partition coefficient (Wildman–Crippen LogP) is 6.65. The first-order valence-corrected chi connectivity index (χ1v) is 12.0. The number of amides is 1. The summed E-state index contributed by atoms with van der Waals surface area (Å²) in [6.45, 7) is 1.12. The summed E-state index contributed by atoms with van der Waals surface area (Å²) in [5.41, 5.74) is 0.570. The molecule has 0 spiro atoms. The SMILES string of the molecule is COC(=O)C1CCC(N(C(=O)c2ccc([C@@H](C)C(F)(F)F)cc2)C2CC2)CC1.Fc1cccc(F)c1. The van der Waals surface area contributed by atoms with E-state index in [1.807, 2.05) is 4.90 Å². The molecule has 0 bridgehead atoms. The van der Waals surface area contributed by atoms with Gasteiger partial charge in [0, 0.05) is 23.7 Å². The minimum Gasteiger partial charge on any atom is -0.469 e. The van der Waals surface area contributed by atoms with E-state index in [-0.39, 0.29) is 35.4 Å². The van der Waals surface area contributed by atoms with Crippen molar-refractivity contribution in [3.05, 3.63) is 71.3 Å². The van der Waals surface area contributed by atoms with Crippen LogP contribution in [-0.2, 0) is 9.53 Å². The van der Waals surface area contributed by atoms with Crippen LogP contribution in [0.15, 0.2) is 48.5 Å². The Labute approximate surface area is 207 Å². The molecule has 1 amide bonds. The minimum absolute atomic E-state index is 0.0645. The second kappa shape index (κ2) is 11.8. The van der Waals surface area contributed by atoms with Gasteiger partial charge in [0.25, 0.3) is 5.91 Å². The largest absolute Gasteiger partial charge is 0.469 e. The molecular weight excluding hydrogens is 481 g/mol. The Morgan fingerprint density at radius 3 is 1.78 bits per heavy atom. The lowest BCUT2D eigenvalue weighted by Crippen LogP contribution is -2.44. The third-order valence-electron chi connectivity index (χ3n) is 6.73. The summed E-state index contributed by atoms with van der Waals surface area (Å²) in [5.74, 6) is -3.08. The molecule has 0 aliphatic heterocycles. The van der Waals surface area contributed by atoms with Crippen LogP contribution < -0.4 is 0 Å². The van der Waals surface area contributed by atoms with Crippen LogP contribution in [0, 0.1) is 17.6 Å². The van der Waals surface area contributed by atoms with Gasteiger partial charge in [-0.1, -0.05) is 18.2 Å². The van der Waals surface area contributed by atoms with E-state index >= 15 is 0 Å². The number of methoxy groups -OCH3 is 1. The van der Waals surface area contributed by atoms with Crippen molar-refractivity contribution in [2.75, 3.05) is 7.11 Å². The molecule has 9 heteroatoms. The Kier molecular flexibility index (Phi) is 9.08. The average Bonchev–Trinajstić information content (AvgIpc) is 3.68. The number of carbonyl (C=O) groups excluding carboxylic acids is 2. The zero-order valence-electron chi connectivity index (χ0n) is 20.2. The van der Waals surface area contributed by atoms with E-state index in [2.05, 4.69) is 0 Å². The number of carbonyl (C=O) groups is 2. The van der Waals surface area contributed by atoms with Gasteiger partial charge in [0.15, 0.2) is 0 Å². The first kappa shape index (κ1) is 27.6. The number of nitrogens with zero attached hydrogens (tertiary/aromatic N) is 1. The zero-order chi connectivity index (χ0) is 26.5. The Morgan fingerprint density at radius 2 is 1.39 bits per heavy atom. The van der Waals surface area contributed by atoms with Crippen molar-refractivity contribution in [3.8, 4) is 0 Å². The summed E-state index contributed by atoms with van der Waals surface area (Å²) < 4.78 is 67.3. The van der Waals surface area contributed by atoms with Crippen LogP contribution in [0.5, 0.6) is 0 Å². The van der Waals surface area contributed by atoms with Gasteiger partial charge < -0.3 is 9.64 Å². The van der Waals surface area contributed by atoms with Crippen LogP contribution >= 0.6 is 0 Å². The summed E-state index contributed by atoms with van der Waals surface area (Å²) in [6.07, 6.45) is 0.462. The molecule has 0 saturated heterocycles. The summed E-state index contributed by atoms with van der Waals surface area (Å²) in [6, 6.07) is 10.6. The Hall–Kier alpha value is -2.97. The maximum Gasteiger partial charge on any atom is 0.395 e. The molecule has 0 aromatic heterocycles. The predicted molar refractivity (Wildman–Crippen MR) is 124 cm³/mol. The molecule has 0 N–H and O–H groups in total. The monoisotopic (exact) mass is 511 g/mol. The molecule has 2 saturated carbocycles. The second-order valence-electron chi connectivity index (χ2n) is 9.30. The molecule has 196 valence electrons. The van der Waals surface area contributed by atoms with E-state index in [1.165, 1.54) is 49.6 Å². The normalized spacial score (nSPS) is 20.5. The lowest BCUT2D eigenvalue weighted by Gasteiger charge is -2.36. The van der Waals surface area contributed by atoms with E-state index in [0.29, 0.717) is 18.4 Å². The summed E-state index contributed by atoms with van der Waals surface area (Å²) in [5, 5.41) is 0. The zero-order valence-corrected chi connectivity index (χ0v) is 20.2. The van der Waals surface area contributed by atoms with Crippen molar-refractivity contribution in [1.29, 1.82) is 0 Å². The number of benzene rings is 2. The van der Waals surface area contributed by atoms with Gasteiger partial charge in [0.1, 0.15) is 11.6 Å². The second-order valence-corrected chi connectivity index (χ2v) is 9.30. The molecule has 2 aromatic rings. The van der Waals surface area contributed by atoms with Crippen molar-refractivity contribution < 1.29 is 36.3 Å². The van der Waals surface area contributed by atoms with E-state index in [9.17, 15) is 31.5 Å². The standard InChI is InChI=1S/C21H26F3NO3.C6H4F2/c1-13(21(22,23)24)14-3-5-15(6-4-14)19(26)25(18-11-12-18)17-9-7-16(8-10-17)20(27)28-2;7-5-2-1-3-6(8)4-5/h3-6,13,16-18H,7-12H2,1-2H3;1-4H/t13-,16?,17?;/m1./s1. The van der Waals surface area contributed by atoms with Crippen molar-refractivity contribution in [2.45, 2.75) is 69.6 Å². The summed E-state index contributed by atoms with van der Waals surface area (Å²) in [7, 11) is 1.39. The van der Waals surface area contributed by atoms with Gasteiger partial charge in [-0.05, 0) is 75.3 Å². The highest BCUT2D eigenvalue weighted by molar-refractivity contribution is 5.95. The minimum atomic E-state index is -4.30. The van der Waals surface area contributed by atoms with E-state index in [4.69, 9.17) is 4.74 Å². The van der Waals surface area contributed by atoms with Gasteiger partial charge in [-0.15, -0.1) is 0 Å². The third-order valence-corrected chi connectivity index (χ3v) is 6.73. The molecule has 4 rings (SSSR count). The summed E-state index contributed by atoms with van der Waals surface area (Å²) >= 11 is 0. The van der Waals surface area contributed by atoms with Gasteiger partial charge in [-0.25, -0.2) is 8.78 Å². The molecule has 2 aliphatic carbocycles. The lowest BCUT2D eigenvalue weighted by atomic mass is 9.85. The van der Waals surface area contributed by atoms with Gasteiger partial charge in [-0.2, -0.15) is 13.2 Å². The summed E-state index contributed by atoms with van der Waals surface area (Å²) in [4.78, 5) is 26.7. The number of alkyl halides is 3. The smallest absolute Gasteiger partial charge is 0.395 e. The molecule has 2 fully saturated rings. The van der Waals surface area contributed by atoms with Gasteiger partial charge >= 0.3 is 12.1 Å². The van der Waals surface area contributed by atoms with E-state index in [0.717, 1.165) is 38.7 Å². The molecular formula is C27H30F5NO3. The van der Waals surface area contributed by atoms with E-state index in [1.54, 1.807) is 0 Å². The fourth-order valence-corrected chi connectivity index (χ4v) is 4.45. The first-order chi connectivity index (χ1) is 17.0. The lowest BCUT2D eigenvalue weighted by molar-refractivity contribution is -0.147. The first-order valence-electron chi connectivity index (χ1n) is 12.0. The van der Waals surface area contributed by atoms with Crippen LogP contribution in [0.3, 0.4) is 0 Å². The highest BCUT2D eigenvalue weighted by Crippen LogP contribution is 2.37. The maximum atomic E-state index is 13.1. The number of esters is 1. The van der Waals surface area contributed by atoms with Gasteiger partial charge in [-0.3, -0.25) is 9.59 Å². The van der Waals surface area contributed by atoms with Crippen LogP contribution in [0.1, 0.15) is 67.3 Å². The van der Waals surface area contributed by atoms with Crippen molar-refractivity contribution in [3.63, 3.8) is 0 Å². The quantitative estimate of drug-likeness (QED) is 0.333. The highest BCUT2D eigenvalue weighted by Gasteiger charge is 2.41. The van der Waals surface area contributed by atoms with Crippen molar-refractivity contribution in [2.24, 2.45) is 5.92 Å². The molecule has 36 heavy (non-hydrogen) atoms. The fourth-order valence-electron chi connectivity index (χ4n) is 4.45. The van der Waals surface area contributed by atoms with Crippen molar-refractivity contribution in [1.82, 2.24) is 4.90 Å². The molecule has 4 nitrogen and oxygen atoms in total. The van der Waals surface area contributed by atoms with Crippen molar-refractivity contribution >= 4 is 11.9 Å². The molecule has 0 unspecified atom stereocenters. The van der Waals surface area contributed by atoms with Gasteiger partial charge in [0.05, 0.1) is 18.9 Å². The topological polar surface area (TPSA) is 46.6 Å². The molecule has 2 aliphatic rings. The maximum absolute atomic E-state index is 13.1. The van der Waals surface area contributed by atoms with Crippen LogP contribution in [0.25, 0.3) is 0 Å². The van der Waals surface area contributed by atoms with Crippen LogP contribution in [-0.4, -0.2) is 42.1 Å². The number of halogens is 5.